The molecule has 5 heteroatoms. The highest BCUT2D eigenvalue weighted by atomic mass is 35.5. The Labute approximate surface area is 105 Å². The summed E-state index contributed by atoms with van der Waals surface area (Å²) in [5, 5.41) is 19.0. The Morgan fingerprint density at radius 2 is 2.00 bits per heavy atom. The molecule has 90 valence electrons. The van der Waals surface area contributed by atoms with Gasteiger partial charge in [0.25, 0.3) is 0 Å². The van der Waals surface area contributed by atoms with Gasteiger partial charge in [0.15, 0.2) is 0 Å². The van der Waals surface area contributed by atoms with Crippen molar-refractivity contribution in [1.29, 1.82) is 0 Å². The standard InChI is InChI=1S/C11H15Cl2NO2/c1-14(6-9(16)7-15)5-8-2-3-10(12)11(13)4-8/h2-4,9,15-16H,5-7H2,1H3. The second-order valence-electron chi connectivity index (χ2n) is 3.78. The third-order valence-corrected chi connectivity index (χ3v) is 2.91. The number of rotatable bonds is 5. The highest BCUT2D eigenvalue weighted by Crippen LogP contribution is 2.23. The normalized spacial score (nSPS) is 13.1. The average molecular weight is 264 g/mol. The molecule has 0 aromatic heterocycles. The van der Waals surface area contributed by atoms with Crippen LogP contribution in [0.2, 0.25) is 10.0 Å². The Morgan fingerprint density at radius 1 is 1.31 bits per heavy atom. The monoisotopic (exact) mass is 263 g/mol. The molecule has 0 heterocycles. The third-order valence-electron chi connectivity index (χ3n) is 2.17. The molecule has 0 fully saturated rings. The van der Waals surface area contributed by atoms with Crippen LogP contribution in [-0.2, 0) is 6.54 Å². The first-order valence-electron chi connectivity index (χ1n) is 4.94. The maximum atomic E-state index is 9.27. The fourth-order valence-corrected chi connectivity index (χ4v) is 1.75. The van der Waals surface area contributed by atoms with E-state index in [4.69, 9.17) is 28.3 Å². The van der Waals surface area contributed by atoms with Crippen LogP contribution in [0.5, 0.6) is 0 Å². The number of benzene rings is 1. The van der Waals surface area contributed by atoms with Crippen molar-refractivity contribution in [1.82, 2.24) is 4.90 Å². The van der Waals surface area contributed by atoms with Gasteiger partial charge < -0.3 is 10.2 Å². The Balaban J connectivity index is 2.56. The summed E-state index contributed by atoms with van der Waals surface area (Å²) < 4.78 is 0. The molecular formula is C11H15Cl2NO2. The summed E-state index contributed by atoms with van der Waals surface area (Å²) in [5.41, 5.74) is 1.02. The first-order valence-corrected chi connectivity index (χ1v) is 5.70. The zero-order chi connectivity index (χ0) is 12.1. The maximum absolute atomic E-state index is 9.27. The van der Waals surface area contributed by atoms with Gasteiger partial charge in [0, 0.05) is 13.1 Å². The molecule has 16 heavy (non-hydrogen) atoms. The molecule has 0 amide bonds. The topological polar surface area (TPSA) is 43.7 Å². The van der Waals surface area contributed by atoms with E-state index in [2.05, 4.69) is 0 Å². The lowest BCUT2D eigenvalue weighted by molar-refractivity contribution is 0.0648. The summed E-state index contributed by atoms with van der Waals surface area (Å²) >= 11 is 11.7. The van der Waals surface area contributed by atoms with Gasteiger partial charge in [-0.15, -0.1) is 0 Å². The predicted molar refractivity (Wildman–Crippen MR) is 65.9 cm³/mol. The molecule has 0 radical (unpaired) electrons. The van der Waals surface area contributed by atoms with Crippen LogP contribution >= 0.6 is 23.2 Å². The Kier molecular flexibility index (Phi) is 5.52. The largest absolute Gasteiger partial charge is 0.394 e. The average Bonchev–Trinajstić information content (AvgIpc) is 2.23. The van der Waals surface area contributed by atoms with Crippen LogP contribution in [0.15, 0.2) is 18.2 Å². The number of likely N-dealkylation sites (N-methyl/N-ethyl adjacent to an activating group) is 1. The Hall–Kier alpha value is -0.320. The van der Waals surface area contributed by atoms with Crippen LogP contribution in [0.1, 0.15) is 5.56 Å². The SMILES string of the molecule is CN(Cc1ccc(Cl)c(Cl)c1)CC(O)CO. The van der Waals surface area contributed by atoms with Crippen molar-refractivity contribution in [2.45, 2.75) is 12.6 Å². The van der Waals surface area contributed by atoms with Crippen LogP contribution < -0.4 is 0 Å². The maximum Gasteiger partial charge on any atom is 0.0897 e. The molecule has 1 rings (SSSR count). The van der Waals surface area contributed by atoms with Crippen LogP contribution in [0.25, 0.3) is 0 Å². The van der Waals surface area contributed by atoms with Gasteiger partial charge in [-0.25, -0.2) is 0 Å². The van der Waals surface area contributed by atoms with E-state index in [0.717, 1.165) is 5.56 Å². The van der Waals surface area contributed by atoms with Gasteiger partial charge in [0.2, 0.25) is 0 Å². The van der Waals surface area contributed by atoms with E-state index in [1.54, 1.807) is 12.1 Å². The van der Waals surface area contributed by atoms with Crippen molar-refractivity contribution >= 4 is 23.2 Å². The molecule has 1 atom stereocenters. The number of hydrogen-bond donors (Lipinski definition) is 2. The lowest BCUT2D eigenvalue weighted by Gasteiger charge is -2.19. The highest BCUT2D eigenvalue weighted by Gasteiger charge is 2.08. The number of aliphatic hydroxyl groups is 2. The second-order valence-corrected chi connectivity index (χ2v) is 4.60. The van der Waals surface area contributed by atoms with Crippen LogP contribution in [0.4, 0.5) is 0 Å². The summed E-state index contributed by atoms with van der Waals surface area (Å²) in [7, 11) is 1.86. The zero-order valence-corrected chi connectivity index (χ0v) is 10.5. The van der Waals surface area contributed by atoms with Crippen LogP contribution in [0, 0.1) is 0 Å². The van der Waals surface area contributed by atoms with Crippen LogP contribution in [0.3, 0.4) is 0 Å². The quantitative estimate of drug-likeness (QED) is 0.852. The molecule has 0 aliphatic carbocycles. The van der Waals surface area contributed by atoms with Gasteiger partial charge in [-0.2, -0.15) is 0 Å². The van der Waals surface area contributed by atoms with Crippen LogP contribution in [-0.4, -0.2) is 41.4 Å². The summed E-state index contributed by atoms with van der Waals surface area (Å²) in [6.07, 6.45) is -0.715. The summed E-state index contributed by atoms with van der Waals surface area (Å²) in [6.45, 7) is 0.830. The van der Waals surface area contributed by atoms with E-state index in [-0.39, 0.29) is 6.61 Å². The zero-order valence-electron chi connectivity index (χ0n) is 9.03. The van der Waals surface area contributed by atoms with Gasteiger partial charge in [0.05, 0.1) is 22.8 Å². The van der Waals surface area contributed by atoms with E-state index < -0.39 is 6.10 Å². The molecule has 1 unspecified atom stereocenters. The summed E-state index contributed by atoms with van der Waals surface area (Å²) in [4.78, 5) is 1.90. The van der Waals surface area contributed by atoms with E-state index in [1.807, 2.05) is 18.0 Å². The number of aliphatic hydroxyl groups excluding tert-OH is 2. The lowest BCUT2D eigenvalue weighted by Crippen LogP contribution is -2.30. The number of hydrogen-bond acceptors (Lipinski definition) is 3. The summed E-state index contributed by atoms with van der Waals surface area (Å²) in [6, 6.07) is 5.43. The van der Waals surface area contributed by atoms with Crippen molar-refractivity contribution in [3.63, 3.8) is 0 Å². The Bertz CT molecular complexity index is 347. The number of nitrogens with zero attached hydrogens (tertiary/aromatic N) is 1. The minimum Gasteiger partial charge on any atom is -0.394 e. The van der Waals surface area contributed by atoms with E-state index >= 15 is 0 Å². The minimum absolute atomic E-state index is 0.230. The van der Waals surface area contributed by atoms with Gasteiger partial charge in [-0.3, -0.25) is 4.90 Å². The molecule has 0 saturated carbocycles. The van der Waals surface area contributed by atoms with E-state index in [1.165, 1.54) is 0 Å². The van der Waals surface area contributed by atoms with Crippen molar-refractivity contribution < 1.29 is 10.2 Å². The second kappa shape index (κ2) is 6.42. The fraction of sp³-hybridized carbons (Fsp3) is 0.455. The molecular weight excluding hydrogens is 249 g/mol. The molecule has 0 bridgehead atoms. The molecule has 0 saturated heterocycles. The van der Waals surface area contributed by atoms with Crippen molar-refractivity contribution in [3.8, 4) is 0 Å². The third kappa shape index (κ3) is 4.28. The van der Waals surface area contributed by atoms with Gasteiger partial charge >= 0.3 is 0 Å². The van der Waals surface area contributed by atoms with Gasteiger partial charge in [-0.05, 0) is 24.7 Å². The number of halogens is 2. The minimum atomic E-state index is -0.715. The fourth-order valence-electron chi connectivity index (χ4n) is 1.43. The molecule has 3 nitrogen and oxygen atoms in total. The van der Waals surface area contributed by atoms with Crippen molar-refractivity contribution in [2.75, 3.05) is 20.2 Å². The van der Waals surface area contributed by atoms with Gasteiger partial charge in [-0.1, -0.05) is 29.3 Å². The molecule has 0 aliphatic rings. The lowest BCUT2D eigenvalue weighted by atomic mass is 10.2. The van der Waals surface area contributed by atoms with Gasteiger partial charge in [0.1, 0.15) is 0 Å². The van der Waals surface area contributed by atoms with Crippen molar-refractivity contribution in [2.24, 2.45) is 0 Å². The van der Waals surface area contributed by atoms with E-state index in [9.17, 15) is 5.11 Å². The molecule has 1 aromatic rings. The molecule has 0 spiro atoms. The predicted octanol–water partition coefficient (Wildman–Crippen LogP) is 1.78. The molecule has 1 aromatic carbocycles. The molecule has 2 N–H and O–H groups in total. The summed E-state index contributed by atoms with van der Waals surface area (Å²) in [5.74, 6) is 0. The van der Waals surface area contributed by atoms with E-state index in [0.29, 0.717) is 23.1 Å². The first-order chi connectivity index (χ1) is 7.52. The first kappa shape index (κ1) is 13.7. The highest BCUT2D eigenvalue weighted by molar-refractivity contribution is 6.42. The van der Waals surface area contributed by atoms with Crippen molar-refractivity contribution in [3.05, 3.63) is 33.8 Å². The molecule has 0 aliphatic heterocycles. The Morgan fingerprint density at radius 3 is 2.56 bits per heavy atom. The smallest absolute Gasteiger partial charge is 0.0897 e.